The number of nitrogens with one attached hydrogen (secondary N) is 1. The van der Waals surface area contributed by atoms with Crippen molar-refractivity contribution in [3.05, 3.63) is 0 Å². The highest BCUT2D eigenvalue weighted by atomic mass is 16.5. The molecule has 1 rings (SSSR count). The molecule has 0 aromatic rings. The van der Waals surface area contributed by atoms with Gasteiger partial charge >= 0.3 is 12.0 Å². The number of aliphatic hydroxyl groups is 1. The first-order valence-electron chi connectivity index (χ1n) is 7.42. The molecule has 1 aliphatic heterocycles. The molecule has 21 heavy (non-hydrogen) atoms. The number of ether oxygens (including phenoxy) is 1. The van der Waals surface area contributed by atoms with Crippen LogP contribution in [0.2, 0.25) is 0 Å². The fourth-order valence-electron chi connectivity index (χ4n) is 2.31. The van der Waals surface area contributed by atoms with Crippen LogP contribution in [0.4, 0.5) is 4.79 Å². The van der Waals surface area contributed by atoms with Gasteiger partial charge in [-0.3, -0.25) is 4.79 Å². The average Bonchev–Trinajstić information content (AvgIpc) is 2.41. The van der Waals surface area contributed by atoms with E-state index in [4.69, 9.17) is 9.84 Å². The molecule has 122 valence electrons. The molecular weight excluding hydrogens is 276 g/mol. The van der Waals surface area contributed by atoms with Crippen LogP contribution in [-0.2, 0) is 9.53 Å². The van der Waals surface area contributed by atoms with Gasteiger partial charge in [-0.2, -0.15) is 0 Å². The van der Waals surface area contributed by atoms with Crippen LogP contribution in [-0.4, -0.2) is 65.1 Å². The van der Waals surface area contributed by atoms with E-state index >= 15 is 0 Å². The molecule has 7 nitrogen and oxygen atoms in total. The van der Waals surface area contributed by atoms with E-state index < -0.39 is 18.0 Å². The van der Waals surface area contributed by atoms with Gasteiger partial charge in [0.15, 0.2) is 0 Å². The maximum atomic E-state index is 12.1. The molecule has 0 saturated carbocycles. The van der Waals surface area contributed by atoms with E-state index in [1.54, 1.807) is 4.90 Å². The van der Waals surface area contributed by atoms with Crippen LogP contribution in [0.15, 0.2) is 0 Å². The Kier molecular flexibility index (Phi) is 6.91. The van der Waals surface area contributed by atoms with Crippen molar-refractivity contribution >= 4 is 12.0 Å². The van der Waals surface area contributed by atoms with Crippen molar-refractivity contribution < 1.29 is 24.5 Å². The van der Waals surface area contributed by atoms with Gasteiger partial charge in [-0.05, 0) is 26.2 Å². The monoisotopic (exact) mass is 302 g/mol. The van der Waals surface area contributed by atoms with Crippen LogP contribution in [0.1, 0.15) is 39.5 Å². The van der Waals surface area contributed by atoms with Gasteiger partial charge in [0.05, 0.1) is 18.1 Å². The number of piperidine rings is 1. The van der Waals surface area contributed by atoms with Gasteiger partial charge in [-0.1, -0.05) is 6.92 Å². The molecule has 1 heterocycles. The second kappa shape index (κ2) is 8.19. The molecule has 0 aliphatic carbocycles. The minimum Gasteiger partial charge on any atom is -0.481 e. The van der Waals surface area contributed by atoms with E-state index in [1.807, 2.05) is 6.92 Å². The number of aliphatic carboxylic acids is 1. The lowest BCUT2D eigenvalue weighted by atomic mass is 10.0. The molecule has 0 radical (unpaired) electrons. The maximum Gasteiger partial charge on any atom is 0.317 e. The number of urea groups is 1. The normalized spacial score (nSPS) is 21.7. The second-order valence-corrected chi connectivity index (χ2v) is 5.81. The molecule has 7 heteroatoms. The molecule has 2 unspecified atom stereocenters. The van der Waals surface area contributed by atoms with E-state index in [-0.39, 0.29) is 18.7 Å². The number of hydrogen-bond donors (Lipinski definition) is 3. The highest BCUT2D eigenvalue weighted by Crippen LogP contribution is 2.14. The van der Waals surface area contributed by atoms with Crippen molar-refractivity contribution in [1.82, 2.24) is 10.2 Å². The Hall–Kier alpha value is -1.34. The number of carbonyl (C=O) groups excluding carboxylic acids is 1. The first-order chi connectivity index (χ1) is 9.84. The number of carboxylic acid groups (broad SMARTS) is 1. The summed E-state index contributed by atoms with van der Waals surface area (Å²) in [5, 5.41) is 21.1. The molecule has 2 amide bonds. The third-order valence-corrected chi connectivity index (χ3v) is 3.38. The molecule has 1 fully saturated rings. The Morgan fingerprint density at radius 3 is 2.81 bits per heavy atom. The van der Waals surface area contributed by atoms with Gasteiger partial charge in [0.1, 0.15) is 0 Å². The first-order valence-corrected chi connectivity index (χ1v) is 7.42. The van der Waals surface area contributed by atoms with Gasteiger partial charge in [-0.25, -0.2) is 4.79 Å². The van der Waals surface area contributed by atoms with E-state index in [1.165, 1.54) is 6.92 Å². The predicted octanol–water partition coefficient (Wildman–Crippen LogP) is 0.813. The van der Waals surface area contributed by atoms with E-state index in [2.05, 4.69) is 5.32 Å². The second-order valence-electron chi connectivity index (χ2n) is 5.81. The summed E-state index contributed by atoms with van der Waals surface area (Å²) in [5.41, 5.74) is -1.45. The molecule has 2 atom stereocenters. The zero-order chi connectivity index (χ0) is 15.9. The summed E-state index contributed by atoms with van der Waals surface area (Å²) in [5.74, 6) is -1.10. The van der Waals surface area contributed by atoms with Crippen LogP contribution in [0.5, 0.6) is 0 Å². The molecule has 0 spiro atoms. The Morgan fingerprint density at radius 1 is 1.48 bits per heavy atom. The Morgan fingerprint density at radius 2 is 2.19 bits per heavy atom. The van der Waals surface area contributed by atoms with Crippen LogP contribution < -0.4 is 5.32 Å². The van der Waals surface area contributed by atoms with Crippen molar-refractivity contribution in [2.75, 3.05) is 26.2 Å². The van der Waals surface area contributed by atoms with Gasteiger partial charge in [0.2, 0.25) is 0 Å². The molecule has 3 N–H and O–H groups in total. The lowest BCUT2D eigenvalue weighted by Crippen LogP contribution is -2.51. The number of amides is 2. The van der Waals surface area contributed by atoms with E-state index in [0.717, 1.165) is 19.3 Å². The van der Waals surface area contributed by atoms with Crippen molar-refractivity contribution in [3.8, 4) is 0 Å². The molecule has 0 bridgehead atoms. The zero-order valence-electron chi connectivity index (χ0n) is 12.8. The van der Waals surface area contributed by atoms with E-state index in [0.29, 0.717) is 19.7 Å². The highest BCUT2D eigenvalue weighted by molar-refractivity contribution is 5.74. The predicted molar refractivity (Wildman–Crippen MR) is 77.1 cm³/mol. The number of carbonyl (C=O) groups is 2. The number of carboxylic acids is 1. The summed E-state index contributed by atoms with van der Waals surface area (Å²) in [6, 6.07) is -0.287. The first kappa shape index (κ1) is 17.7. The largest absolute Gasteiger partial charge is 0.481 e. The van der Waals surface area contributed by atoms with Crippen molar-refractivity contribution in [3.63, 3.8) is 0 Å². The summed E-state index contributed by atoms with van der Waals surface area (Å²) in [7, 11) is 0. The zero-order valence-corrected chi connectivity index (χ0v) is 12.8. The Balaban J connectivity index is 2.39. The number of hydrogen-bond acceptors (Lipinski definition) is 4. The summed E-state index contributed by atoms with van der Waals surface area (Å²) in [4.78, 5) is 24.3. The maximum absolute atomic E-state index is 12.1. The number of nitrogens with zero attached hydrogens (tertiary/aromatic N) is 1. The van der Waals surface area contributed by atoms with Gasteiger partial charge in [0.25, 0.3) is 0 Å². The number of likely N-dealkylation sites (tertiary alicyclic amines) is 1. The SMILES string of the molecule is CCCOC1CCCN(C(=O)NCC(C)(O)CC(=O)O)C1. The molecule has 1 aliphatic rings. The minimum atomic E-state index is -1.45. The average molecular weight is 302 g/mol. The van der Waals surface area contributed by atoms with Gasteiger partial charge < -0.3 is 25.2 Å². The fraction of sp³-hybridized carbons (Fsp3) is 0.857. The molecular formula is C14H26N2O5. The molecule has 1 saturated heterocycles. The smallest absolute Gasteiger partial charge is 0.317 e. The van der Waals surface area contributed by atoms with E-state index in [9.17, 15) is 14.7 Å². The number of rotatable bonds is 7. The lowest BCUT2D eigenvalue weighted by molar-refractivity contribution is -0.141. The third kappa shape index (κ3) is 6.77. The summed E-state index contributed by atoms with van der Waals surface area (Å²) < 4.78 is 5.66. The van der Waals surface area contributed by atoms with Crippen LogP contribution >= 0.6 is 0 Å². The highest BCUT2D eigenvalue weighted by Gasteiger charge is 2.28. The topological polar surface area (TPSA) is 99.1 Å². The van der Waals surface area contributed by atoms with Crippen LogP contribution in [0, 0.1) is 0 Å². The Labute approximate surface area is 125 Å². The Bertz CT molecular complexity index is 359. The van der Waals surface area contributed by atoms with Crippen molar-refractivity contribution in [1.29, 1.82) is 0 Å². The summed E-state index contributed by atoms with van der Waals surface area (Å²) in [6.07, 6.45) is 2.42. The standard InChI is InChI=1S/C14H26N2O5/c1-3-7-21-11-5-4-6-16(9-11)13(19)15-10-14(2,20)8-12(17)18/h11,20H,3-10H2,1-2H3,(H,15,19)(H,17,18). The van der Waals surface area contributed by atoms with Crippen LogP contribution in [0.25, 0.3) is 0 Å². The molecule has 0 aromatic heterocycles. The summed E-state index contributed by atoms with van der Waals surface area (Å²) in [6.45, 7) is 5.22. The van der Waals surface area contributed by atoms with Crippen LogP contribution in [0.3, 0.4) is 0 Å². The minimum absolute atomic E-state index is 0.0592. The van der Waals surface area contributed by atoms with Gasteiger partial charge in [0, 0.05) is 26.2 Å². The van der Waals surface area contributed by atoms with Gasteiger partial charge in [-0.15, -0.1) is 0 Å². The lowest BCUT2D eigenvalue weighted by Gasteiger charge is -2.33. The van der Waals surface area contributed by atoms with Crippen molar-refractivity contribution in [2.45, 2.75) is 51.2 Å². The fourth-order valence-corrected chi connectivity index (χ4v) is 2.31. The third-order valence-electron chi connectivity index (χ3n) is 3.38. The van der Waals surface area contributed by atoms with Crippen molar-refractivity contribution in [2.24, 2.45) is 0 Å². The molecule has 0 aromatic carbocycles. The summed E-state index contributed by atoms with van der Waals surface area (Å²) >= 11 is 0. The quantitative estimate of drug-likeness (QED) is 0.646.